The first-order chi connectivity index (χ1) is 7.36. The van der Waals surface area contributed by atoms with E-state index in [0.717, 1.165) is 25.7 Å². The average molecular weight is 212 g/mol. The van der Waals surface area contributed by atoms with Crippen LogP contribution in [0.4, 0.5) is 0 Å². The first-order valence-corrected chi connectivity index (χ1v) is 6.37. The van der Waals surface area contributed by atoms with Crippen LogP contribution in [-0.4, -0.2) is 49.8 Å². The summed E-state index contributed by atoms with van der Waals surface area (Å²) in [7, 11) is 2.08. The van der Waals surface area contributed by atoms with Gasteiger partial charge in [-0.15, -0.1) is 0 Å². The standard InChI is InChI=1S/C12H24N2O/c1-3-10-5-4-7-14(10)12-9-15-8-6-11(12)13-2/h10-13H,3-9H2,1-2H3. The summed E-state index contributed by atoms with van der Waals surface area (Å²) in [6.45, 7) is 5.42. The van der Waals surface area contributed by atoms with Crippen LogP contribution in [0.1, 0.15) is 32.6 Å². The molecule has 3 unspecified atom stereocenters. The quantitative estimate of drug-likeness (QED) is 0.762. The maximum Gasteiger partial charge on any atom is 0.0637 e. The monoisotopic (exact) mass is 212 g/mol. The van der Waals surface area contributed by atoms with Crippen LogP contribution in [0.15, 0.2) is 0 Å². The van der Waals surface area contributed by atoms with E-state index < -0.39 is 0 Å². The maximum atomic E-state index is 5.64. The first-order valence-electron chi connectivity index (χ1n) is 6.37. The molecule has 1 N–H and O–H groups in total. The largest absolute Gasteiger partial charge is 0.380 e. The molecule has 3 nitrogen and oxygen atoms in total. The number of rotatable bonds is 3. The number of likely N-dealkylation sites (tertiary alicyclic amines) is 1. The van der Waals surface area contributed by atoms with Crippen molar-refractivity contribution in [1.29, 1.82) is 0 Å². The minimum absolute atomic E-state index is 0.608. The Morgan fingerprint density at radius 1 is 1.40 bits per heavy atom. The molecule has 0 aliphatic carbocycles. The van der Waals surface area contributed by atoms with Crippen molar-refractivity contribution < 1.29 is 4.74 Å². The molecule has 15 heavy (non-hydrogen) atoms. The highest BCUT2D eigenvalue weighted by Crippen LogP contribution is 2.26. The van der Waals surface area contributed by atoms with Gasteiger partial charge in [0, 0.05) is 24.7 Å². The predicted octanol–water partition coefficient (Wildman–Crippen LogP) is 1.24. The van der Waals surface area contributed by atoms with Gasteiger partial charge in [-0.3, -0.25) is 4.90 Å². The summed E-state index contributed by atoms with van der Waals surface area (Å²) in [6.07, 6.45) is 5.19. The van der Waals surface area contributed by atoms with Gasteiger partial charge >= 0.3 is 0 Å². The van der Waals surface area contributed by atoms with Crippen molar-refractivity contribution in [3.8, 4) is 0 Å². The average Bonchev–Trinajstić information content (AvgIpc) is 2.76. The van der Waals surface area contributed by atoms with Crippen molar-refractivity contribution in [2.45, 2.75) is 50.7 Å². The number of hydrogen-bond donors (Lipinski definition) is 1. The van der Waals surface area contributed by atoms with Crippen LogP contribution in [0.3, 0.4) is 0 Å². The Bertz CT molecular complexity index is 198. The maximum absolute atomic E-state index is 5.64. The fraction of sp³-hybridized carbons (Fsp3) is 1.00. The molecule has 2 rings (SSSR count). The van der Waals surface area contributed by atoms with Crippen LogP contribution >= 0.6 is 0 Å². The third kappa shape index (κ3) is 2.35. The van der Waals surface area contributed by atoms with E-state index in [4.69, 9.17) is 4.74 Å². The van der Waals surface area contributed by atoms with E-state index in [1.165, 1.54) is 25.8 Å². The van der Waals surface area contributed by atoms with E-state index in [-0.39, 0.29) is 0 Å². The number of nitrogens with zero attached hydrogens (tertiary/aromatic N) is 1. The molecule has 0 radical (unpaired) electrons. The number of likely N-dealkylation sites (N-methyl/N-ethyl adjacent to an activating group) is 1. The smallest absolute Gasteiger partial charge is 0.0637 e. The van der Waals surface area contributed by atoms with Gasteiger partial charge < -0.3 is 10.1 Å². The molecule has 88 valence electrons. The Balaban J connectivity index is 1.99. The van der Waals surface area contributed by atoms with Crippen molar-refractivity contribution in [2.75, 3.05) is 26.8 Å². The third-order valence-electron chi connectivity index (χ3n) is 4.02. The molecular formula is C12H24N2O. The van der Waals surface area contributed by atoms with Crippen LogP contribution < -0.4 is 5.32 Å². The third-order valence-corrected chi connectivity index (χ3v) is 4.02. The van der Waals surface area contributed by atoms with Gasteiger partial charge in [-0.2, -0.15) is 0 Å². The van der Waals surface area contributed by atoms with E-state index in [1.807, 2.05) is 0 Å². The van der Waals surface area contributed by atoms with E-state index >= 15 is 0 Å². The van der Waals surface area contributed by atoms with Gasteiger partial charge in [-0.25, -0.2) is 0 Å². The summed E-state index contributed by atoms with van der Waals surface area (Å²) in [6, 6.07) is 2.04. The molecule has 0 saturated carbocycles. The first kappa shape index (κ1) is 11.4. The molecule has 0 bridgehead atoms. The highest BCUT2D eigenvalue weighted by molar-refractivity contribution is 4.92. The van der Waals surface area contributed by atoms with Crippen LogP contribution in [0.2, 0.25) is 0 Å². The van der Waals surface area contributed by atoms with Crippen LogP contribution in [0.25, 0.3) is 0 Å². The van der Waals surface area contributed by atoms with Gasteiger partial charge in [-0.1, -0.05) is 6.92 Å². The second kappa shape index (κ2) is 5.28. The summed E-state index contributed by atoms with van der Waals surface area (Å²) in [5.41, 5.74) is 0. The predicted molar refractivity (Wildman–Crippen MR) is 62.1 cm³/mol. The Labute approximate surface area is 93.2 Å². The topological polar surface area (TPSA) is 24.5 Å². The summed E-state index contributed by atoms with van der Waals surface area (Å²) < 4.78 is 5.64. The number of ether oxygens (including phenoxy) is 1. The van der Waals surface area contributed by atoms with Gasteiger partial charge in [0.15, 0.2) is 0 Å². The lowest BCUT2D eigenvalue weighted by molar-refractivity contribution is -0.00672. The molecule has 0 amide bonds. The van der Waals surface area contributed by atoms with Crippen molar-refractivity contribution in [3.63, 3.8) is 0 Å². The highest BCUT2D eigenvalue weighted by Gasteiger charge is 2.35. The fourth-order valence-corrected chi connectivity index (χ4v) is 3.12. The Morgan fingerprint density at radius 2 is 2.27 bits per heavy atom. The van der Waals surface area contributed by atoms with Crippen LogP contribution in [-0.2, 0) is 4.74 Å². The molecule has 2 aliphatic rings. The summed E-state index contributed by atoms with van der Waals surface area (Å²) in [5, 5.41) is 3.45. The summed E-state index contributed by atoms with van der Waals surface area (Å²) in [5.74, 6) is 0. The van der Waals surface area contributed by atoms with Crippen molar-refractivity contribution >= 4 is 0 Å². The molecule has 2 heterocycles. The minimum atomic E-state index is 0.608. The van der Waals surface area contributed by atoms with Crippen molar-refractivity contribution in [2.24, 2.45) is 0 Å². The van der Waals surface area contributed by atoms with Gasteiger partial charge in [0.25, 0.3) is 0 Å². The van der Waals surface area contributed by atoms with Crippen molar-refractivity contribution in [3.05, 3.63) is 0 Å². The lowest BCUT2D eigenvalue weighted by atomic mass is 10.0. The van der Waals surface area contributed by atoms with Crippen molar-refractivity contribution in [1.82, 2.24) is 10.2 Å². The van der Waals surface area contributed by atoms with Crippen LogP contribution in [0, 0.1) is 0 Å². The van der Waals surface area contributed by atoms with Crippen LogP contribution in [0.5, 0.6) is 0 Å². The van der Waals surface area contributed by atoms with Gasteiger partial charge in [-0.05, 0) is 39.3 Å². The Kier molecular flexibility index (Phi) is 4.00. The summed E-state index contributed by atoms with van der Waals surface area (Å²) >= 11 is 0. The molecule has 3 atom stereocenters. The molecule has 3 heteroatoms. The molecule has 2 saturated heterocycles. The summed E-state index contributed by atoms with van der Waals surface area (Å²) in [4.78, 5) is 2.68. The zero-order chi connectivity index (χ0) is 10.7. The minimum Gasteiger partial charge on any atom is -0.380 e. The van der Waals surface area contributed by atoms with Gasteiger partial charge in [0.05, 0.1) is 6.61 Å². The van der Waals surface area contributed by atoms with Gasteiger partial charge in [0.2, 0.25) is 0 Å². The molecule has 0 aromatic rings. The fourth-order valence-electron chi connectivity index (χ4n) is 3.12. The number of nitrogens with one attached hydrogen (secondary N) is 1. The zero-order valence-electron chi connectivity index (χ0n) is 10.0. The Hall–Kier alpha value is -0.120. The molecule has 2 fully saturated rings. The lowest BCUT2D eigenvalue weighted by Gasteiger charge is -2.40. The lowest BCUT2D eigenvalue weighted by Crippen LogP contribution is -2.55. The zero-order valence-corrected chi connectivity index (χ0v) is 10.0. The molecule has 0 aromatic heterocycles. The van der Waals surface area contributed by atoms with E-state index in [0.29, 0.717) is 12.1 Å². The van der Waals surface area contributed by atoms with E-state index in [9.17, 15) is 0 Å². The van der Waals surface area contributed by atoms with E-state index in [1.54, 1.807) is 0 Å². The molecule has 2 aliphatic heterocycles. The van der Waals surface area contributed by atoms with E-state index in [2.05, 4.69) is 24.2 Å². The highest BCUT2D eigenvalue weighted by atomic mass is 16.5. The second-order valence-electron chi connectivity index (χ2n) is 4.77. The molecule has 0 aromatic carbocycles. The normalized spacial score (nSPS) is 38.4. The number of hydrogen-bond acceptors (Lipinski definition) is 3. The SMILES string of the molecule is CCC1CCCN1C1COCCC1NC. The molecular weight excluding hydrogens is 188 g/mol. The Morgan fingerprint density at radius 3 is 3.00 bits per heavy atom. The molecule has 0 spiro atoms. The van der Waals surface area contributed by atoms with Gasteiger partial charge in [0.1, 0.15) is 0 Å². The second-order valence-corrected chi connectivity index (χ2v) is 4.77.